The smallest absolute Gasteiger partial charge is 0.201 e. The van der Waals surface area contributed by atoms with Gasteiger partial charge in [-0.25, -0.2) is 9.78 Å². The van der Waals surface area contributed by atoms with E-state index in [1.54, 1.807) is 0 Å². The van der Waals surface area contributed by atoms with Crippen molar-refractivity contribution in [2.24, 2.45) is 23.7 Å². The van der Waals surface area contributed by atoms with Crippen LogP contribution in [0.1, 0.15) is 46.5 Å². The van der Waals surface area contributed by atoms with Crippen LogP contribution in [0.15, 0.2) is 0 Å². The van der Waals surface area contributed by atoms with Crippen LogP contribution in [0.2, 0.25) is 0 Å². The molecule has 5 fully saturated rings. The molecule has 6 heteroatoms. The minimum Gasteiger partial charge on any atom is -0.394 e. The first-order chi connectivity index (χ1) is 11.0. The molecule has 132 valence electrons. The average Bonchev–Trinajstić information content (AvgIpc) is 2.76. The maximum absolute atomic E-state index is 9.06. The summed E-state index contributed by atoms with van der Waals surface area (Å²) in [6.45, 7) is 6.63. The molecule has 6 nitrogen and oxygen atoms in total. The monoisotopic (exact) mass is 328 g/mol. The highest BCUT2D eigenvalue weighted by molar-refractivity contribution is 5.09. The molecular formula is C17H28O6. The van der Waals surface area contributed by atoms with Crippen LogP contribution in [0.4, 0.5) is 0 Å². The number of aliphatic hydroxyl groups is 1. The van der Waals surface area contributed by atoms with E-state index >= 15 is 0 Å². The Hall–Kier alpha value is -0.240. The second-order valence-corrected chi connectivity index (χ2v) is 7.87. The SMILES string of the molecule is C[C@@H]1CCC2[C@@H](C)[C@@H](OCCO)O[C@@H]3O[C@]4(C)CCC1[C@@]23OO4. The number of hydrogen-bond donors (Lipinski definition) is 1. The normalized spacial score (nSPS) is 55.3. The van der Waals surface area contributed by atoms with Crippen molar-refractivity contribution in [3.63, 3.8) is 0 Å². The molecule has 1 saturated carbocycles. The molecule has 1 spiro atoms. The third kappa shape index (κ3) is 2.30. The zero-order chi connectivity index (χ0) is 16.2. The van der Waals surface area contributed by atoms with Gasteiger partial charge in [0, 0.05) is 18.3 Å². The molecule has 0 aromatic carbocycles. The summed E-state index contributed by atoms with van der Waals surface area (Å²) in [4.78, 5) is 11.8. The fourth-order valence-electron chi connectivity index (χ4n) is 5.23. The second kappa shape index (κ2) is 5.64. The van der Waals surface area contributed by atoms with Gasteiger partial charge in [0.25, 0.3) is 0 Å². The van der Waals surface area contributed by atoms with Crippen LogP contribution >= 0.6 is 0 Å². The molecule has 4 heterocycles. The molecule has 8 atom stereocenters. The summed E-state index contributed by atoms with van der Waals surface area (Å²) in [5.41, 5.74) is -0.536. The third-order valence-electron chi connectivity index (χ3n) is 6.47. The zero-order valence-electron chi connectivity index (χ0n) is 14.2. The minimum absolute atomic E-state index is 0.00903. The van der Waals surface area contributed by atoms with Crippen molar-refractivity contribution in [3.05, 3.63) is 0 Å². The van der Waals surface area contributed by atoms with E-state index in [9.17, 15) is 0 Å². The van der Waals surface area contributed by atoms with Gasteiger partial charge >= 0.3 is 0 Å². The van der Waals surface area contributed by atoms with E-state index in [1.165, 1.54) is 6.42 Å². The molecular weight excluding hydrogens is 300 g/mol. The summed E-state index contributed by atoms with van der Waals surface area (Å²) in [6.07, 6.45) is 3.24. The van der Waals surface area contributed by atoms with Crippen molar-refractivity contribution >= 4 is 0 Å². The Balaban J connectivity index is 1.70. The summed E-state index contributed by atoms with van der Waals surface area (Å²) >= 11 is 0. The second-order valence-electron chi connectivity index (χ2n) is 7.87. The van der Waals surface area contributed by atoms with E-state index in [0.29, 0.717) is 11.8 Å². The molecule has 2 bridgehead atoms. The summed E-state index contributed by atoms with van der Waals surface area (Å²) in [7, 11) is 0. The van der Waals surface area contributed by atoms with Crippen molar-refractivity contribution < 1.29 is 29.1 Å². The standard InChI is InChI=1S/C17H28O6/c1-10-4-5-13-11(2)14(19-9-8-18)20-15-17(13)12(10)6-7-16(3,21-15)22-23-17/h10-15,18H,4-9H2,1-3H3/t10-,11-,12?,13?,14+,15-,16+,17-/m1/s1. The Kier molecular flexibility index (Phi) is 3.99. The Bertz CT molecular complexity index is 458. The van der Waals surface area contributed by atoms with Gasteiger partial charge in [0.05, 0.1) is 13.2 Å². The van der Waals surface area contributed by atoms with E-state index in [1.807, 2.05) is 6.92 Å². The molecule has 1 aliphatic carbocycles. The average molecular weight is 328 g/mol. The molecule has 0 radical (unpaired) electrons. The minimum atomic E-state index is -0.750. The Labute approximate surface area is 137 Å². The van der Waals surface area contributed by atoms with E-state index in [-0.39, 0.29) is 31.3 Å². The van der Waals surface area contributed by atoms with Crippen LogP contribution in [0.5, 0.6) is 0 Å². The lowest BCUT2D eigenvalue weighted by molar-refractivity contribution is -0.577. The molecule has 0 amide bonds. The molecule has 4 aliphatic heterocycles. The fourth-order valence-corrected chi connectivity index (χ4v) is 5.23. The first-order valence-electron chi connectivity index (χ1n) is 8.93. The lowest BCUT2D eigenvalue weighted by Crippen LogP contribution is -2.70. The number of fused-ring (bicyclic) bond motifs is 2. The molecule has 0 aromatic heterocycles. The number of hydrogen-bond acceptors (Lipinski definition) is 6. The predicted octanol–water partition coefficient (Wildman–Crippen LogP) is 2.20. The summed E-state index contributed by atoms with van der Waals surface area (Å²) in [5.74, 6) is 0.625. The summed E-state index contributed by atoms with van der Waals surface area (Å²) in [6, 6.07) is 0. The van der Waals surface area contributed by atoms with Gasteiger partial charge in [-0.2, -0.15) is 0 Å². The van der Waals surface area contributed by atoms with E-state index in [2.05, 4.69) is 13.8 Å². The Morgan fingerprint density at radius 1 is 1.13 bits per heavy atom. The van der Waals surface area contributed by atoms with Gasteiger partial charge in [-0.1, -0.05) is 13.8 Å². The zero-order valence-corrected chi connectivity index (χ0v) is 14.2. The van der Waals surface area contributed by atoms with E-state index in [0.717, 1.165) is 19.3 Å². The van der Waals surface area contributed by atoms with Gasteiger partial charge in [0.1, 0.15) is 0 Å². The van der Waals surface area contributed by atoms with Crippen LogP contribution in [-0.2, 0) is 24.0 Å². The quantitative estimate of drug-likeness (QED) is 0.801. The lowest BCUT2D eigenvalue weighted by atomic mass is 9.58. The highest BCUT2D eigenvalue weighted by Gasteiger charge is 2.69. The first-order valence-corrected chi connectivity index (χ1v) is 8.93. The van der Waals surface area contributed by atoms with E-state index < -0.39 is 17.7 Å². The van der Waals surface area contributed by atoms with Crippen molar-refractivity contribution in [2.75, 3.05) is 13.2 Å². The topological polar surface area (TPSA) is 66.4 Å². The molecule has 5 aliphatic rings. The molecule has 5 rings (SSSR count). The summed E-state index contributed by atoms with van der Waals surface area (Å²) in [5, 5.41) is 9.06. The Morgan fingerprint density at radius 3 is 2.74 bits per heavy atom. The molecule has 1 N–H and O–H groups in total. The fraction of sp³-hybridized carbons (Fsp3) is 1.00. The van der Waals surface area contributed by atoms with Gasteiger partial charge < -0.3 is 19.3 Å². The predicted molar refractivity (Wildman–Crippen MR) is 79.9 cm³/mol. The van der Waals surface area contributed by atoms with Crippen LogP contribution < -0.4 is 0 Å². The largest absolute Gasteiger partial charge is 0.394 e. The molecule has 23 heavy (non-hydrogen) atoms. The number of ether oxygens (including phenoxy) is 3. The highest BCUT2D eigenvalue weighted by Crippen LogP contribution is 2.60. The summed E-state index contributed by atoms with van der Waals surface area (Å²) < 4.78 is 18.2. The van der Waals surface area contributed by atoms with Crippen molar-refractivity contribution in [2.45, 2.75) is 70.4 Å². The van der Waals surface area contributed by atoms with E-state index in [4.69, 9.17) is 29.1 Å². The van der Waals surface area contributed by atoms with Crippen LogP contribution in [-0.4, -0.2) is 42.3 Å². The highest BCUT2D eigenvalue weighted by atomic mass is 17.3. The molecule has 4 saturated heterocycles. The van der Waals surface area contributed by atoms with Crippen molar-refractivity contribution in [1.82, 2.24) is 0 Å². The van der Waals surface area contributed by atoms with Crippen LogP contribution in [0, 0.1) is 23.7 Å². The van der Waals surface area contributed by atoms with Crippen molar-refractivity contribution in [1.29, 1.82) is 0 Å². The van der Waals surface area contributed by atoms with Gasteiger partial charge in [-0.05, 0) is 38.0 Å². The molecule has 2 unspecified atom stereocenters. The maximum atomic E-state index is 9.06. The number of aliphatic hydroxyl groups excluding tert-OH is 1. The van der Waals surface area contributed by atoms with Crippen LogP contribution in [0.25, 0.3) is 0 Å². The van der Waals surface area contributed by atoms with Crippen molar-refractivity contribution in [3.8, 4) is 0 Å². The first kappa shape index (κ1) is 16.2. The van der Waals surface area contributed by atoms with Gasteiger partial charge in [-0.3, -0.25) is 0 Å². The third-order valence-corrected chi connectivity index (χ3v) is 6.47. The van der Waals surface area contributed by atoms with Crippen LogP contribution in [0.3, 0.4) is 0 Å². The lowest BCUT2D eigenvalue weighted by Gasteiger charge is -2.60. The molecule has 0 aromatic rings. The Morgan fingerprint density at radius 2 is 1.96 bits per heavy atom. The van der Waals surface area contributed by atoms with Gasteiger partial charge in [0.15, 0.2) is 18.2 Å². The van der Waals surface area contributed by atoms with Gasteiger partial charge in [0.2, 0.25) is 5.79 Å². The van der Waals surface area contributed by atoms with Gasteiger partial charge in [-0.15, -0.1) is 0 Å². The maximum Gasteiger partial charge on any atom is 0.201 e. The number of rotatable bonds is 3.